The quantitative estimate of drug-likeness (QED) is 0.500. The van der Waals surface area contributed by atoms with Crippen molar-refractivity contribution in [3.8, 4) is 0 Å². The fourth-order valence-corrected chi connectivity index (χ4v) is 1.48. The Kier molecular flexibility index (Phi) is 3.18. The van der Waals surface area contributed by atoms with Gasteiger partial charge in [-0.1, -0.05) is 11.6 Å². The molecule has 2 heterocycles. The first-order valence-corrected chi connectivity index (χ1v) is 3.83. The molecule has 13 heavy (non-hydrogen) atoms. The second-order valence-corrected chi connectivity index (χ2v) is 2.93. The molecule has 2 rings (SSSR count). The van der Waals surface area contributed by atoms with Gasteiger partial charge in [0.2, 0.25) is 5.95 Å². The molecule has 0 aliphatic carbocycles. The van der Waals surface area contributed by atoms with Crippen LogP contribution >= 0.6 is 11.6 Å². The summed E-state index contributed by atoms with van der Waals surface area (Å²) in [6.07, 6.45) is 1.82. The molecule has 0 aliphatic rings. The Labute approximate surface area is 102 Å². The summed E-state index contributed by atoms with van der Waals surface area (Å²) in [7, 11) is 0. The molecule has 0 amide bonds. The van der Waals surface area contributed by atoms with Gasteiger partial charge in [0.15, 0.2) is 0 Å². The smallest absolute Gasteiger partial charge is 0.223 e. The standard InChI is InChI=1S/C7H7ClN4.Na/c1-3-2-10-6-4(3)5(8)11-7(9)12-6;/h2H,1H3,(H3,9,10,11,12);. The molecule has 0 atom stereocenters. The molecule has 0 fully saturated rings. The Morgan fingerprint density at radius 2 is 2.15 bits per heavy atom. The molecule has 2 aromatic heterocycles. The number of anilines is 1. The molecule has 0 saturated heterocycles. The van der Waals surface area contributed by atoms with E-state index in [1.807, 2.05) is 13.1 Å². The van der Waals surface area contributed by atoms with Gasteiger partial charge in [-0.05, 0) is 12.5 Å². The van der Waals surface area contributed by atoms with E-state index in [4.69, 9.17) is 17.3 Å². The van der Waals surface area contributed by atoms with Crippen LogP contribution in [0, 0.1) is 6.92 Å². The van der Waals surface area contributed by atoms with Gasteiger partial charge in [-0.15, -0.1) is 0 Å². The number of halogens is 1. The number of nitrogens with zero attached hydrogens (tertiary/aromatic N) is 2. The van der Waals surface area contributed by atoms with Crippen molar-refractivity contribution >= 4 is 58.1 Å². The largest absolute Gasteiger partial charge is 0.368 e. The summed E-state index contributed by atoms with van der Waals surface area (Å²) in [6.45, 7) is 1.93. The zero-order valence-corrected chi connectivity index (χ0v) is 10.2. The van der Waals surface area contributed by atoms with Crippen LogP contribution in [0.5, 0.6) is 0 Å². The maximum atomic E-state index is 5.86. The summed E-state index contributed by atoms with van der Waals surface area (Å²) < 4.78 is 0. The molecular weight excluding hydrogens is 199 g/mol. The molecular formula is C7H7ClN4Na. The number of hydrogen-bond donors (Lipinski definition) is 2. The average molecular weight is 206 g/mol. The molecule has 0 aromatic carbocycles. The van der Waals surface area contributed by atoms with Crippen molar-refractivity contribution in [3.05, 3.63) is 16.9 Å². The van der Waals surface area contributed by atoms with E-state index in [2.05, 4.69) is 15.0 Å². The van der Waals surface area contributed by atoms with E-state index in [0.717, 1.165) is 10.9 Å². The summed E-state index contributed by atoms with van der Waals surface area (Å²) in [6, 6.07) is 0. The number of aromatic nitrogens is 3. The number of aromatic amines is 1. The Morgan fingerprint density at radius 1 is 1.46 bits per heavy atom. The van der Waals surface area contributed by atoms with Crippen molar-refractivity contribution in [2.45, 2.75) is 6.92 Å². The van der Waals surface area contributed by atoms with Crippen LogP contribution in [-0.4, -0.2) is 44.5 Å². The number of H-pyrrole nitrogens is 1. The minimum Gasteiger partial charge on any atom is -0.368 e. The predicted octanol–water partition coefficient (Wildman–Crippen LogP) is 1.12. The second kappa shape index (κ2) is 3.84. The number of rotatable bonds is 0. The fraction of sp³-hybridized carbons (Fsp3) is 0.143. The number of aryl methyl sites for hydroxylation is 1. The summed E-state index contributed by atoms with van der Waals surface area (Å²) in [4.78, 5) is 10.8. The van der Waals surface area contributed by atoms with Crippen LogP contribution in [0.3, 0.4) is 0 Å². The normalized spacial score (nSPS) is 10.0. The maximum absolute atomic E-state index is 5.86. The molecule has 0 spiro atoms. The number of fused-ring (bicyclic) bond motifs is 1. The van der Waals surface area contributed by atoms with Crippen LogP contribution in [0.2, 0.25) is 5.15 Å². The third kappa shape index (κ3) is 1.81. The second-order valence-electron chi connectivity index (χ2n) is 2.57. The first-order valence-electron chi connectivity index (χ1n) is 3.45. The van der Waals surface area contributed by atoms with Crippen LogP contribution in [0.25, 0.3) is 11.0 Å². The Balaban J connectivity index is 0.000000845. The molecule has 63 valence electrons. The van der Waals surface area contributed by atoms with E-state index >= 15 is 0 Å². The monoisotopic (exact) mass is 205 g/mol. The van der Waals surface area contributed by atoms with Gasteiger partial charge in [0.1, 0.15) is 10.8 Å². The number of nitrogen functional groups attached to an aromatic ring is 1. The molecule has 0 unspecified atom stereocenters. The van der Waals surface area contributed by atoms with E-state index in [-0.39, 0.29) is 35.5 Å². The number of nitrogens with two attached hydrogens (primary N) is 1. The van der Waals surface area contributed by atoms with Gasteiger partial charge < -0.3 is 10.7 Å². The van der Waals surface area contributed by atoms with Gasteiger partial charge in [0, 0.05) is 35.8 Å². The van der Waals surface area contributed by atoms with Crippen molar-refractivity contribution in [3.63, 3.8) is 0 Å². The summed E-state index contributed by atoms with van der Waals surface area (Å²) in [5.41, 5.74) is 7.12. The van der Waals surface area contributed by atoms with Gasteiger partial charge >= 0.3 is 0 Å². The van der Waals surface area contributed by atoms with Crippen molar-refractivity contribution in [2.75, 3.05) is 5.73 Å². The van der Waals surface area contributed by atoms with E-state index < -0.39 is 0 Å². The summed E-state index contributed by atoms with van der Waals surface area (Å²) >= 11 is 5.86. The third-order valence-electron chi connectivity index (χ3n) is 1.70. The molecule has 2 aromatic rings. The summed E-state index contributed by atoms with van der Waals surface area (Å²) in [5.74, 6) is 0.189. The Morgan fingerprint density at radius 3 is 2.85 bits per heavy atom. The van der Waals surface area contributed by atoms with Gasteiger partial charge in [0.05, 0.1) is 5.39 Å². The molecule has 0 aliphatic heterocycles. The van der Waals surface area contributed by atoms with Gasteiger partial charge in [-0.2, -0.15) is 4.98 Å². The van der Waals surface area contributed by atoms with E-state index in [0.29, 0.717) is 10.8 Å². The first kappa shape index (κ1) is 10.8. The zero-order chi connectivity index (χ0) is 8.72. The van der Waals surface area contributed by atoms with Crippen molar-refractivity contribution in [1.29, 1.82) is 0 Å². The van der Waals surface area contributed by atoms with Gasteiger partial charge in [-0.3, -0.25) is 0 Å². The van der Waals surface area contributed by atoms with Crippen molar-refractivity contribution in [1.82, 2.24) is 15.0 Å². The molecule has 4 nitrogen and oxygen atoms in total. The fourth-order valence-electron chi connectivity index (χ4n) is 1.15. The average Bonchev–Trinajstić information content (AvgIpc) is 2.31. The minimum absolute atomic E-state index is 0. The Hall–Kier alpha value is -0.290. The minimum atomic E-state index is 0. The van der Waals surface area contributed by atoms with Gasteiger partial charge in [-0.25, -0.2) is 4.98 Å². The third-order valence-corrected chi connectivity index (χ3v) is 1.98. The molecule has 1 radical (unpaired) electrons. The molecule has 6 heteroatoms. The van der Waals surface area contributed by atoms with E-state index in [9.17, 15) is 0 Å². The van der Waals surface area contributed by atoms with Crippen LogP contribution in [-0.2, 0) is 0 Å². The van der Waals surface area contributed by atoms with Crippen LogP contribution in [0.15, 0.2) is 6.20 Å². The van der Waals surface area contributed by atoms with E-state index in [1.54, 1.807) is 0 Å². The van der Waals surface area contributed by atoms with Crippen molar-refractivity contribution in [2.24, 2.45) is 0 Å². The van der Waals surface area contributed by atoms with Gasteiger partial charge in [0.25, 0.3) is 0 Å². The van der Waals surface area contributed by atoms with E-state index in [1.165, 1.54) is 0 Å². The van der Waals surface area contributed by atoms with Crippen LogP contribution in [0.1, 0.15) is 5.56 Å². The topological polar surface area (TPSA) is 67.6 Å². The SMILES string of the molecule is Cc1c[nH]c2nc(N)nc(Cl)c12.[Na]. The van der Waals surface area contributed by atoms with Crippen LogP contribution in [0.4, 0.5) is 5.95 Å². The zero-order valence-electron chi connectivity index (χ0n) is 7.43. The summed E-state index contributed by atoms with van der Waals surface area (Å²) in [5, 5.41) is 1.24. The number of nitrogens with one attached hydrogen (secondary N) is 1. The number of hydrogen-bond acceptors (Lipinski definition) is 3. The maximum Gasteiger partial charge on any atom is 0.223 e. The van der Waals surface area contributed by atoms with Crippen molar-refractivity contribution < 1.29 is 0 Å². The molecule has 0 saturated carbocycles. The molecule has 0 bridgehead atoms. The van der Waals surface area contributed by atoms with Crippen LogP contribution < -0.4 is 5.73 Å². The first-order chi connectivity index (χ1) is 5.68. The Bertz CT molecular complexity index is 439. The molecule has 3 N–H and O–H groups in total. The predicted molar refractivity (Wildman–Crippen MR) is 53.8 cm³/mol.